The Kier molecular flexibility index (Phi) is 5.40. The van der Waals surface area contributed by atoms with Gasteiger partial charge in [-0.15, -0.1) is 11.6 Å². The summed E-state index contributed by atoms with van der Waals surface area (Å²) in [6, 6.07) is 23.2. The zero-order valence-electron chi connectivity index (χ0n) is 17.6. The number of nitrogens with zero attached hydrogens (tertiary/aromatic N) is 1. The van der Waals surface area contributed by atoms with E-state index in [2.05, 4.69) is 17.1 Å². The number of halogens is 2. The second-order valence-electron chi connectivity index (χ2n) is 8.09. The van der Waals surface area contributed by atoms with E-state index < -0.39 is 11.2 Å². The minimum Gasteiger partial charge on any atom is -0.492 e. The minimum atomic E-state index is -1.43. The third kappa shape index (κ3) is 2.97. The van der Waals surface area contributed by atoms with Gasteiger partial charge in [-0.05, 0) is 41.8 Å². The Morgan fingerprint density at radius 1 is 1.09 bits per heavy atom. The molecule has 1 saturated carbocycles. The fourth-order valence-corrected chi connectivity index (χ4v) is 5.42. The van der Waals surface area contributed by atoms with E-state index in [4.69, 9.17) is 32.7 Å². The first kappa shape index (κ1) is 21.3. The third-order valence-electron chi connectivity index (χ3n) is 6.55. The molecule has 1 aliphatic carbocycles. The second kappa shape index (κ2) is 8.11. The van der Waals surface area contributed by atoms with Crippen LogP contribution in [0.4, 0.5) is 0 Å². The predicted octanol–water partition coefficient (Wildman–Crippen LogP) is 5.69. The van der Waals surface area contributed by atoms with Gasteiger partial charge >= 0.3 is 0 Å². The molecule has 1 N–H and O–H groups in total. The largest absolute Gasteiger partial charge is 0.492 e. The van der Waals surface area contributed by atoms with Crippen LogP contribution in [0.5, 0.6) is 11.5 Å². The molecule has 1 aliphatic heterocycles. The number of hydrogen-bond acceptors (Lipinski definition) is 4. The van der Waals surface area contributed by atoms with E-state index in [0.29, 0.717) is 46.7 Å². The van der Waals surface area contributed by atoms with Crippen molar-refractivity contribution in [2.45, 2.75) is 23.5 Å². The number of aliphatic imine (C=N–C) groups is 1. The fraction of sp³-hybridized carbons (Fsp3) is 0.269. The third-order valence-corrected chi connectivity index (χ3v) is 6.95. The minimum absolute atomic E-state index is 0.159. The first-order valence-electron chi connectivity index (χ1n) is 10.6. The van der Waals surface area contributed by atoms with E-state index >= 15 is 0 Å². The Morgan fingerprint density at radius 2 is 1.84 bits per heavy atom. The molecular formula is C26H23Cl2NO3. The predicted molar refractivity (Wildman–Crippen MR) is 127 cm³/mol. The van der Waals surface area contributed by atoms with Crippen molar-refractivity contribution in [3.63, 3.8) is 0 Å². The molecule has 0 aromatic heterocycles. The van der Waals surface area contributed by atoms with Crippen LogP contribution in [0.1, 0.15) is 29.0 Å². The van der Waals surface area contributed by atoms with Crippen LogP contribution in [-0.2, 0) is 11.2 Å². The maximum atomic E-state index is 12.5. The van der Waals surface area contributed by atoms with Gasteiger partial charge in [-0.1, -0.05) is 54.1 Å². The van der Waals surface area contributed by atoms with Crippen molar-refractivity contribution in [1.29, 1.82) is 0 Å². The highest BCUT2D eigenvalue weighted by Gasteiger charge is 2.71. The Morgan fingerprint density at radius 3 is 2.53 bits per heavy atom. The van der Waals surface area contributed by atoms with E-state index in [9.17, 15) is 5.11 Å². The smallest absolute Gasteiger partial charge is 0.179 e. The Bertz CT molecular complexity index is 1170. The molecule has 0 radical (unpaired) electrons. The average molecular weight is 468 g/mol. The van der Waals surface area contributed by atoms with E-state index in [1.54, 1.807) is 7.05 Å². The van der Waals surface area contributed by atoms with Crippen molar-refractivity contribution in [3.05, 3.63) is 94.5 Å². The van der Waals surface area contributed by atoms with E-state index in [-0.39, 0.29) is 5.92 Å². The van der Waals surface area contributed by atoms with Crippen molar-refractivity contribution >= 4 is 28.9 Å². The maximum absolute atomic E-state index is 12.5. The van der Waals surface area contributed by atoms with Gasteiger partial charge < -0.3 is 14.6 Å². The molecule has 3 aromatic rings. The molecule has 1 heterocycles. The summed E-state index contributed by atoms with van der Waals surface area (Å²) in [6.45, 7) is 0.390. The highest BCUT2D eigenvalue weighted by Crippen LogP contribution is 2.65. The summed E-state index contributed by atoms with van der Waals surface area (Å²) >= 11 is 12.0. The lowest BCUT2D eigenvalue weighted by Crippen LogP contribution is -2.50. The van der Waals surface area contributed by atoms with Crippen LogP contribution in [0.3, 0.4) is 0 Å². The number of aliphatic hydroxyl groups is 1. The van der Waals surface area contributed by atoms with Crippen LogP contribution in [0.2, 0.25) is 5.02 Å². The van der Waals surface area contributed by atoms with Gasteiger partial charge in [-0.2, -0.15) is 0 Å². The van der Waals surface area contributed by atoms with Gasteiger partial charge in [0.15, 0.2) is 11.2 Å². The molecule has 1 fully saturated rings. The van der Waals surface area contributed by atoms with E-state index in [0.717, 1.165) is 11.1 Å². The Hall–Kier alpha value is -2.53. The zero-order chi connectivity index (χ0) is 22.3. The molecule has 0 bridgehead atoms. The van der Waals surface area contributed by atoms with Crippen molar-refractivity contribution in [3.8, 4) is 11.5 Å². The highest BCUT2D eigenvalue weighted by molar-refractivity contribution is 6.30. The van der Waals surface area contributed by atoms with Crippen LogP contribution < -0.4 is 9.47 Å². The molecule has 32 heavy (non-hydrogen) atoms. The molecule has 0 saturated heterocycles. The number of benzene rings is 3. The number of hydrogen-bond donors (Lipinski definition) is 1. The number of ether oxygens (including phenoxy) is 2. The lowest BCUT2D eigenvalue weighted by Gasteiger charge is -2.39. The molecule has 4 nitrogen and oxygen atoms in total. The monoisotopic (exact) mass is 467 g/mol. The lowest BCUT2D eigenvalue weighted by molar-refractivity contribution is -0.0741. The molecule has 6 heteroatoms. The molecule has 0 spiro atoms. The highest BCUT2D eigenvalue weighted by atomic mass is 35.5. The van der Waals surface area contributed by atoms with Gasteiger partial charge in [0.1, 0.15) is 18.1 Å². The van der Waals surface area contributed by atoms with Crippen LogP contribution >= 0.6 is 23.2 Å². The summed E-state index contributed by atoms with van der Waals surface area (Å²) in [6.07, 6.45) is 0.573. The summed E-state index contributed by atoms with van der Waals surface area (Å²) < 4.78 is 12.5. The average Bonchev–Trinajstić information content (AvgIpc) is 3.23. The molecule has 3 aromatic carbocycles. The van der Waals surface area contributed by atoms with Gasteiger partial charge in [0, 0.05) is 29.6 Å². The fourth-order valence-electron chi connectivity index (χ4n) is 5.21. The Balaban J connectivity index is 1.75. The summed E-state index contributed by atoms with van der Waals surface area (Å²) in [5.41, 5.74) is 0.763. The quantitative estimate of drug-likeness (QED) is 0.490. The van der Waals surface area contributed by atoms with Crippen LogP contribution in [0, 0.1) is 0 Å². The molecule has 5 rings (SSSR count). The van der Waals surface area contributed by atoms with Gasteiger partial charge in [0.2, 0.25) is 0 Å². The number of rotatable bonds is 5. The molecular weight excluding hydrogens is 445 g/mol. The summed E-state index contributed by atoms with van der Waals surface area (Å²) in [4.78, 5) is 4.55. The van der Waals surface area contributed by atoms with E-state index in [1.807, 2.05) is 60.7 Å². The van der Waals surface area contributed by atoms with Crippen LogP contribution in [0.25, 0.3) is 0 Å². The number of alkyl halides is 1. The molecule has 164 valence electrons. The van der Waals surface area contributed by atoms with Gasteiger partial charge in [-0.3, -0.25) is 4.99 Å². The van der Waals surface area contributed by atoms with Crippen LogP contribution in [0.15, 0.2) is 77.8 Å². The summed E-state index contributed by atoms with van der Waals surface area (Å²) in [7, 11) is 1.73. The zero-order valence-corrected chi connectivity index (χ0v) is 19.1. The van der Waals surface area contributed by atoms with Crippen molar-refractivity contribution in [2.24, 2.45) is 4.99 Å². The second-order valence-corrected chi connectivity index (χ2v) is 8.90. The SMILES string of the molecule is CN=C1C[C@@H](c2ccccc2)[C@]2(c3ccc(Cl)cc3)Oc3cc(OCCCl)ccc3[C@]12O. The summed E-state index contributed by atoms with van der Waals surface area (Å²) in [5.74, 6) is 1.45. The van der Waals surface area contributed by atoms with Crippen LogP contribution in [-0.4, -0.2) is 30.4 Å². The molecule has 2 aliphatic rings. The lowest BCUT2D eigenvalue weighted by atomic mass is 9.71. The van der Waals surface area contributed by atoms with Crippen molar-refractivity contribution < 1.29 is 14.6 Å². The van der Waals surface area contributed by atoms with Gasteiger partial charge in [-0.25, -0.2) is 0 Å². The van der Waals surface area contributed by atoms with Crippen molar-refractivity contribution in [2.75, 3.05) is 19.5 Å². The van der Waals surface area contributed by atoms with Gasteiger partial charge in [0.25, 0.3) is 0 Å². The summed E-state index contributed by atoms with van der Waals surface area (Å²) in [5, 5.41) is 13.1. The van der Waals surface area contributed by atoms with Crippen molar-refractivity contribution in [1.82, 2.24) is 0 Å². The molecule has 0 unspecified atom stereocenters. The maximum Gasteiger partial charge on any atom is 0.179 e. The van der Waals surface area contributed by atoms with Gasteiger partial charge in [0.05, 0.1) is 11.6 Å². The first-order valence-corrected chi connectivity index (χ1v) is 11.5. The molecule has 0 amide bonds. The Labute approximate surface area is 197 Å². The number of fused-ring (bicyclic) bond motifs is 3. The standard InChI is InChI=1S/C26H23Cl2NO3/c1-29-24-16-22(17-5-3-2-4-6-17)26(18-7-9-19(28)10-8-18)25(24,30)21-12-11-20(31-14-13-27)15-23(21)32-26/h2-12,15,22,30H,13-14,16H2,1H3/t22-,25-,26-/m0/s1. The first-order chi connectivity index (χ1) is 15.5. The topological polar surface area (TPSA) is 51.0 Å². The normalized spacial score (nSPS) is 27.1. The van der Waals surface area contributed by atoms with E-state index in [1.165, 1.54) is 0 Å². The molecule has 3 atom stereocenters.